The smallest absolute Gasteiger partial charge is 0.00514 e. The third-order valence-corrected chi connectivity index (χ3v) is 5.00. The van der Waals surface area contributed by atoms with E-state index in [4.69, 9.17) is 0 Å². The first-order valence-electron chi connectivity index (χ1n) is 6.16. The van der Waals surface area contributed by atoms with Gasteiger partial charge in [0.15, 0.2) is 0 Å². The van der Waals surface area contributed by atoms with Crippen molar-refractivity contribution in [3.63, 3.8) is 0 Å². The molecule has 0 amide bonds. The highest BCUT2D eigenvalue weighted by molar-refractivity contribution is 8.32. The Bertz CT molecular complexity index is 666. The van der Waals surface area contributed by atoms with Crippen molar-refractivity contribution in [1.82, 2.24) is 0 Å². The standard InChI is InChI=1S/C17H18S/c1-18(2,3)17-15-10-6-4-8-13(15)12-14-9-5-7-11-16(14)17/h4-12H,1-3H3. The SMILES string of the molecule is CS(C)(C)c1c2ccccc2cc2ccccc12. The lowest BCUT2D eigenvalue weighted by molar-refractivity contribution is 1.58. The van der Waals surface area contributed by atoms with Gasteiger partial charge in [0.05, 0.1) is 0 Å². The largest absolute Gasteiger partial charge is 0.222 e. The average molecular weight is 254 g/mol. The molecule has 1 heteroatoms. The summed E-state index contributed by atoms with van der Waals surface area (Å²) in [5.74, 6) is 0. The van der Waals surface area contributed by atoms with Gasteiger partial charge in [0.1, 0.15) is 0 Å². The molecule has 0 aliphatic carbocycles. The second kappa shape index (κ2) is 4.03. The summed E-state index contributed by atoms with van der Waals surface area (Å²) in [6, 6.07) is 19.8. The Morgan fingerprint density at radius 2 is 1.11 bits per heavy atom. The van der Waals surface area contributed by atoms with E-state index in [0.717, 1.165) is 0 Å². The van der Waals surface area contributed by atoms with Crippen molar-refractivity contribution < 1.29 is 0 Å². The van der Waals surface area contributed by atoms with Gasteiger partial charge in [-0.15, -0.1) is 0 Å². The maximum atomic E-state index is 2.38. The fraction of sp³-hybridized carbons (Fsp3) is 0.176. The van der Waals surface area contributed by atoms with Crippen LogP contribution < -0.4 is 0 Å². The monoisotopic (exact) mass is 254 g/mol. The van der Waals surface area contributed by atoms with Crippen molar-refractivity contribution in [3.8, 4) is 0 Å². The Balaban J connectivity index is 2.58. The van der Waals surface area contributed by atoms with E-state index in [-0.39, 0.29) is 0 Å². The highest BCUT2D eigenvalue weighted by atomic mass is 32.3. The molecule has 0 aliphatic rings. The zero-order valence-electron chi connectivity index (χ0n) is 11.1. The summed E-state index contributed by atoms with van der Waals surface area (Å²) in [7, 11) is -0.756. The van der Waals surface area contributed by atoms with Gasteiger partial charge in [-0.2, -0.15) is 0 Å². The minimum absolute atomic E-state index is 0.756. The van der Waals surface area contributed by atoms with Crippen LogP contribution in [0.3, 0.4) is 0 Å². The Morgan fingerprint density at radius 3 is 1.56 bits per heavy atom. The molecule has 92 valence electrons. The summed E-state index contributed by atoms with van der Waals surface area (Å²) in [5.41, 5.74) is 0. The molecule has 0 bridgehead atoms. The summed E-state index contributed by atoms with van der Waals surface area (Å²) in [6.07, 6.45) is 7.13. The molecule has 0 spiro atoms. The first-order valence-corrected chi connectivity index (χ1v) is 9.02. The highest BCUT2D eigenvalue weighted by Gasteiger charge is 2.15. The fourth-order valence-electron chi connectivity index (χ4n) is 2.63. The van der Waals surface area contributed by atoms with E-state index in [9.17, 15) is 0 Å². The van der Waals surface area contributed by atoms with Gasteiger partial charge in [-0.3, -0.25) is 0 Å². The van der Waals surface area contributed by atoms with Crippen LogP contribution in [-0.2, 0) is 0 Å². The second-order valence-electron chi connectivity index (χ2n) is 5.49. The number of fused-ring (bicyclic) bond motifs is 2. The summed E-state index contributed by atoms with van der Waals surface area (Å²) in [6.45, 7) is 0. The van der Waals surface area contributed by atoms with E-state index in [2.05, 4.69) is 73.4 Å². The molecule has 0 N–H and O–H groups in total. The van der Waals surface area contributed by atoms with Gasteiger partial charge in [0, 0.05) is 4.90 Å². The van der Waals surface area contributed by atoms with Gasteiger partial charge < -0.3 is 0 Å². The lowest BCUT2D eigenvalue weighted by Crippen LogP contribution is -1.96. The number of hydrogen-bond acceptors (Lipinski definition) is 0. The molecule has 0 unspecified atom stereocenters. The summed E-state index contributed by atoms with van der Waals surface area (Å²) in [4.78, 5) is 1.54. The van der Waals surface area contributed by atoms with Crippen LogP contribution in [0.2, 0.25) is 0 Å². The lowest BCUT2D eigenvalue weighted by atomic mass is 10.0. The van der Waals surface area contributed by atoms with Crippen molar-refractivity contribution >= 4 is 31.6 Å². The maximum Gasteiger partial charge on any atom is 0.00514 e. The van der Waals surface area contributed by atoms with Crippen LogP contribution in [0.15, 0.2) is 59.5 Å². The average Bonchev–Trinajstić information content (AvgIpc) is 2.34. The van der Waals surface area contributed by atoms with E-state index in [0.29, 0.717) is 0 Å². The molecule has 18 heavy (non-hydrogen) atoms. The predicted octanol–water partition coefficient (Wildman–Crippen LogP) is 5.05. The molecule has 0 aromatic heterocycles. The molecule has 0 saturated heterocycles. The molecular weight excluding hydrogens is 236 g/mol. The number of hydrogen-bond donors (Lipinski definition) is 0. The summed E-state index contributed by atoms with van der Waals surface area (Å²) < 4.78 is 0. The van der Waals surface area contributed by atoms with Crippen LogP contribution in [0.4, 0.5) is 0 Å². The van der Waals surface area contributed by atoms with Gasteiger partial charge in [-0.05, 0) is 46.4 Å². The second-order valence-corrected chi connectivity index (χ2v) is 9.57. The fourth-order valence-corrected chi connectivity index (χ4v) is 4.32. The van der Waals surface area contributed by atoms with Crippen molar-refractivity contribution in [2.24, 2.45) is 0 Å². The minimum atomic E-state index is -0.756. The Hall–Kier alpha value is -1.47. The molecule has 0 atom stereocenters. The first-order chi connectivity index (χ1) is 8.57. The normalized spacial score (nSPS) is 13.1. The molecule has 0 aliphatic heterocycles. The first kappa shape index (κ1) is 11.6. The van der Waals surface area contributed by atoms with Gasteiger partial charge in [-0.25, -0.2) is 10.0 Å². The van der Waals surface area contributed by atoms with E-state index in [1.165, 1.54) is 26.4 Å². The molecule has 3 aromatic rings. The molecule has 0 fully saturated rings. The molecule has 0 radical (unpaired) electrons. The summed E-state index contributed by atoms with van der Waals surface area (Å²) in [5, 5.41) is 5.54. The van der Waals surface area contributed by atoms with Crippen LogP contribution in [0.25, 0.3) is 21.5 Å². The van der Waals surface area contributed by atoms with Crippen molar-refractivity contribution in [2.45, 2.75) is 4.90 Å². The van der Waals surface area contributed by atoms with Crippen molar-refractivity contribution in [2.75, 3.05) is 18.8 Å². The van der Waals surface area contributed by atoms with Crippen molar-refractivity contribution in [3.05, 3.63) is 54.6 Å². The lowest BCUT2D eigenvalue weighted by Gasteiger charge is -2.29. The summed E-state index contributed by atoms with van der Waals surface area (Å²) >= 11 is 0. The zero-order valence-corrected chi connectivity index (χ0v) is 11.9. The molecule has 0 heterocycles. The van der Waals surface area contributed by atoms with E-state index >= 15 is 0 Å². The minimum Gasteiger partial charge on any atom is -0.222 e. The topological polar surface area (TPSA) is 0 Å². The van der Waals surface area contributed by atoms with Gasteiger partial charge in [0.2, 0.25) is 0 Å². The van der Waals surface area contributed by atoms with Crippen LogP contribution in [0, 0.1) is 0 Å². The molecular formula is C17H18S. The number of rotatable bonds is 1. The van der Waals surface area contributed by atoms with Crippen LogP contribution in [0.5, 0.6) is 0 Å². The third-order valence-electron chi connectivity index (χ3n) is 3.33. The van der Waals surface area contributed by atoms with Crippen LogP contribution in [0.1, 0.15) is 0 Å². The Morgan fingerprint density at radius 1 is 0.667 bits per heavy atom. The van der Waals surface area contributed by atoms with Gasteiger partial charge in [0.25, 0.3) is 0 Å². The molecule has 0 nitrogen and oxygen atoms in total. The molecule has 0 saturated carbocycles. The number of benzene rings is 3. The predicted molar refractivity (Wildman–Crippen MR) is 85.1 cm³/mol. The van der Waals surface area contributed by atoms with Crippen molar-refractivity contribution in [1.29, 1.82) is 0 Å². The van der Waals surface area contributed by atoms with E-state index in [1.807, 2.05) is 0 Å². The molecule has 3 aromatic carbocycles. The zero-order chi connectivity index (χ0) is 12.8. The molecule has 3 rings (SSSR count). The quantitative estimate of drug-likeness (QED) is 0.533. The van der Waals surface area contributed by atoms with Gasteiger partial charge in [-0.1, -0.05) is 48.5 Å². The third kappa shape index (κ3) is 1.79. The Labute approximate surface area is 110 Å². The maximum absolute atomic E-state index is 2.38. The van der Waals surface area contributed by atoms with E-state index in [1.54, 1.807) is 0 Å². The van der Waals surface area contributed by atoms with Crippen LogP contribution >= 0.6 is 10.0 Å². The Kier molecular flexibility index (Phi) is 2.60. The van der Waals surface area contributed by atoms with Crippen LogP contribution in [-0.4, -0.2) is 18.8 Å². The van der Waals surface area contributed by atoms with E-state index < -0.39 is 10.0 Å². The highest BCUT2D eigenvalue weighted by Crippen LogP contribution is 2.51. The van der Waals surface area contributed by atoms with Gasteiger partial charge >= 0.3 is 0 Å².